The zero-order valence-corrected chi connectivity index (χ0v) is 16.4. The number of hydrogen-bond donors (Lipinski definition) is 2. The number of nitrogens with two attached hydrogens (primary N) is 1. The lowest BCUT2D eigenvalue weighted by Crippen LogP contribution is -2.13. The fourth-order valence-electron chi connectivity index (χ4n) is 2.98. The minimum Gasteiger partial charge on any atom is -0.383 e. The summed E-state index contributed by atoms with van der Waals surface area (Å²) in [5.41, 5.74) is 9.73. The molecule has 9 heteroatoms. The Bertz CT molecular complexity index is 1300. The molecule has 0 amide bonds. The van der Waals surface area contributed by atoms with Crippen molar-refractivity contribution in [2.45, 2.75) is 11.8 Å². The molecule has 0 aliphatic rings. The topological polar surface area (TPSA) is 102 Å². The Kier molecular flexibility index (Phi) is 4.44. The smallest absolute Gasteiger partial charge is 0.261 e. The third kappa shape index (κ3) is 3.28. The summed E-state index contributed by atoms with van der Waals surface area (Å²) in [7, 11) is -3.75. The molecular weight excluding hydrogens is 398 g/mol. The fraction of sp³-hybridized carbons (Fsp3) is 0.0526. The summed E-state index contributed by atoms with van der Waals surface area (Å²) in [6.07, 6.45) is 3.31. The highest BCUT2D eigenvalue weighted by Gasteiger charge is 2.16. The predicted octanol–water partition coefficient (Wildman–Crippen LogP) is 3.74. The van der Waals surface area contributed by atoms with E-state index < -0.39 is 10.0 Å². The summed E-state index contributed by atoms with van der Waals surface area (Å²) in [5, 5.41) is 4.52. The van der Waals surface area contributed by atoms with Gasteiger partial charge in [-0.2, -0.15) is 9.61 Å². The molecule has 4 aromatic rings. The summed E-state index contributed by atoms with van der Waals surface area (Å²) in [6, 6.07) is 13.1. The van der Waals surface area contributed by atoms with Crippen molar-refractivity contribution in [1.82, 2.24) is 14.6 Å². The number of nitrogens with zero attached hydrogens (tertiary/aromatic N) is 3. The van der Waals surface area contributed by atoms with Gasteiger partial charge in [0.1, 0.15) is 5.82 Å². The molecule has 0 aliphatic heterocycles. The number of benzene rings is 2. The SMILES string of the molecule is Cc1cc(NS(=O)(=O)c2cccc(Cl)c2)ccc1-c1cnc2ccnn2c1N. The predicted molar refractivity (Wildman–Crippen MR) is 110 cm³/mol. The molecule has 4 rings (SSSR count). The minimum absolute atomic E-state index is 0.0966. The average Bonchev–Trinajstić information content (AvgIpc) is 3.12. The maximum atomic E-state index is 12.6. The Morgan fingerprint density at radius 1 is 1.11 bits per heavy atom. The highest BCUT2D eigenvalue weighted by molar-refractivity contribution is 7.92. The molecule has 0 atom stereocenters. The van der Waals surface area contributed by atoms with Gasteiger partial charge < -0.3 is 5.73 Å². The van der Waals surface area contributed by atoms with Crippen LogP contribution in [-0.2, 0) is 10.0 Å². The van der Waals surface area contributed by atoms with Crippen LogP contribution < -0.4 is 10.5 Å². The maximum absolute atomic E-state index is 12.6. The molecule has 7 nitrogen and oxygen atoms in total. The van der Waals surface area contributed by atoms with Gasteiger partial charge >= 0.3 is 0 Å². The molecule has 0 saturated carbocycles. The first-order chi connectivity index (χ1) is 13.3. The van der Waals surface area contributed by atoms with Crippen LogP contribution in [0.25, 0.3) is 16.8 Å². The molecule has 0 saturated heterocycles. The van der Waals surface area contributed by atoms with Crippen LogP contribution in [-0.4, -0.2) is 23.0 Å². The number of hydrogen-bond acceptors (Lipinski definition) is 5. The van der Waals surface area contributed by atoms with Gasteiger partial charge in [0.25, 0.3) is 10.0 Å². The Morgan fingerprint density at radius 2 is 1.93 bits per heavy atom. The monoisotopic (exact) mass is 413 g/mol. The van der Waals surface area contributed by atoms with Crippen LogP contribution in [0.5, 0.6) is 0 Å². The van der Waals surface area contributed by atoms with E-state index in [-0.39, 0.29) is 4.90 Å². The summed E-state index contributed by atoms with van der Waals surface area (Å²) in [5.74, 6) is 0.463. The molecule has 0 aliphatic carbocycles. The maximum Gasteiger partial charge on any atom is 0.261 e. The molecule has 0 fully saturated rings. The highest BCUT2D eigenvalue weighted by atomic mass is 35.5. The van der Waals surface area contributed by atoms with E-state index in [9.17, 15) is 8.42 Å². The van der Waals surface area contributed by atoms with Gasteiger partial charge in [0, 0.05) is 28.5 Å². The van der Waals surface area contributed by atoms with Crippen molar-refractivity contribution in [3.63, 3.8) is 0 Å². The van der Waals surface area contributed by atoms with E-state index in [1.807, 2.05) is 6.92 Å². The summed E-state index contributed by atoms with van der Waals surface area (Å²) in [4.78, 5) is 4.44. The number of nitrogen functional groups attached to an aromatic ring is 1. The van der Waals surface area contributed by atoms with Crippen LogP contribution in [0, 0.1) is 6.92 Å². The Balaban J connectivity index is 1.69. The lowest BCUT2D eigenvalue weighted by Gasteiger charge is -2.13. The third-order valence-electron chi connectivity index (χ3n) is 4.33. The molecule has 28 heavy (non-hydrogen) atoms. The minimum atomic E-state index is -3.75. The van der Waals surface area contributed by atoms with E-state index in [1.165, 1.54) is 12.1 Å². The van der Waals surface area contributed by atoms with Crippen LogP contribution in [0.2, 0.25) is 5.02 Å². The first-order valence-corrected chi connectivity index (χ1v) is 10.2. The number of anilines is 2. The second-order valence-electron chi connectivity index (χ2n) is 6.25. The first kappa shape index (κ1) is 18.3. The van der Waals surface area contributed by atoms with E-state index in [2.05, 4.69) is 14.8 Å². The summed E-state index contributed by atoms with van der Waals surface area (Å²) < 4.78 is 29.3. The summed E-state index contributed by atoms with van der Waals surface area (Å²) in [6.45, 7) is 1.87. The number of sulfonamides is 1. The lowest BCUT2D eigenvalue weighted by atomic mass is 10.0. The van der Waals surface area contributed by atoms with Crippen molar-refractivity contribution >= 4 is 38.8 Å². The Hall–Kier alpha value is -3.10. The van der Waals surface area contributed by atoms with Crippen molar-refractivity contribution in [3.05, 3.63) is 71.5 Å². The Morgan fingerprint density at radius 3 is 2.68 bits per heavy atom. The second kappa shape index (κ2) is 6.81. The number of aryl methyl sites for hydroxylation is 1. The standard InChI is InChI=1S/C19H16ClN5O2S/c1-12-9-14(24-28(26,27)15-4-2-3-13(20)10-15)5-6-16(12)17-11-22-18-7-8-23-25(18)19(17)21/h2-11,24H,21H2,1H3. The van der Waals surface area contributed by atoms with Crippen LogP contribution in [0.3, 0.4) is 0 Å². The molecule has 142 valence electrons. The average molecular weight is 414 g/mol. The number of halogens is 1. The quantitative estimate of drug-likeness (QED) is 0.530. The van der Waals surface area contributed by atoms with Gasteiger partial charge in [-0.3, -0.25) is 4.72 Å². The number of aromatic nitrogens is 3. The van der Waals surface area contributed by atoms with Crippen molar-refractivity contribution in [1.29, 1.82) is 0 Å². The van der Waals surface area contributed by atoms with E-state index >= 15 is 0 Å². The van der Waals surface area contributed by atoms with E-state index in [4.69, 9.17) is 17.3 Å². The molecule has 0 radical (unpaired) electrons. The largest absolute Gasteiger partial charge is 0.383 e. The van der Waals surface area contributed by atoms with Crippen LogP contribution >= 0.6 is 11.6 Å². The van der Waals surface area contributed by atoms with E-state index in [1.54, 1.807) is 53.3 Å². The normalized spacial score (nSPS) is 11.6. The molecular formula is C19H16ClN5O2S. The van der Waals surface area contributed by atoms with Gasteiger partial charge in [-0.1, -0.05) is 23.7 Å². The highest BCUT2D eigenvalue weighted by Crippen LogP contribution is 2.30. The zero-order chi connectivity index (χ0) is 19.9. The molecule has 2 aromatic carbocycles. The number of nitrogens with one attached hydrogen (secondary N) is 1. The van der Waals surface area contributed by atoms with Gasteiger partial charge in [-0.25, -0.2) is 13.4 Å². The van der Waals surface area contributed by atoms with Gasteiger partial charge in [0.05, 0.1) is 11.1 Å². The molecule has 2 heterocycles. The summed E-state index contributed by atoms with van der Waals surface area (Å²) >= 11 is 5.90. The second-order valence-corrected chi connectivity index (χ2v) is 8.37. The molecule has 2 aromatic heterocycles. The molecule has 0 spiro atoms. The number of fused-ring (bicyclic) bond motifs is 1. The van der Waals surface area contributed by atoms with E-state index in [0.29, 0.717) is 22.2 Å². The van der Waals surface area contributed by atoms with Crippen LogP contribution in [0.1, 0.15) is 5.56 Å². The van der Waals surface area contributed by atoms with Gasteiger partial charge in [-0.15, -0.1) is 0 Å². The van der Waals surface area contributed by atoms with Gasteiger partial charge in [-0.05, 0) is 48.4 Å². The Labute approximate surface area is 166 Å². The van der Waals surface area contributed by atoms with Crippen LogP contribution in [0.15, 0.2) is 65.8 Å². The third-order valence-corrected chi connectivity index (χ3v) is 5.94. The number of rotatable bonds is 4. The zero-order valence-electron chi connectivity index (χ0n) is 14.8. The molecule has 0 unspecified atom stereocenters. The van der Waals surface area contributed by atoms with E-state index in [0.717, 1.165) is 16.7 Å². The van der Waals surface area contributed by atoms with Gasteiger partial charge in [0.2, 0.25) is 0 Å². The van der Waals surface area contributed by atoms with Crippen molar-refractivity contribution in [3.8, 4) is 11.1 Å². The molecule has 3 N–H and O–H groups in total. The van der Waals surface area contributed by atoms with Crippen molar-refractivity contribution in [2.75, 3.05) is 10.5 Å². The van der Waals surface area contributed by atoms with Crippen molar-refractivity contribution < 1.29 is 8.42 Å². The van der Waals surface area contributed by atoms with Crippen molar-refractivity contribution in [2.24, 2.45) is 0 Å². The lowest BCUT2D eigenvalue weighted by molar-refractivity contribution is 0.601. The first-order valence-electron chi connectivity index (χ1n) is 8.33. The molecule has 0 bridgehead atoms. The van der Waals surface area contributed by atoms with Crippen LogP contribution in [0.4, 0.5) is 11.5 Å². The fourth-order valence-corrected chi connectivity index (χ4v) is 4.33. The van der Waals surface area contributed by atoms with Gasteiger partial charge in [0.15, 0.2) is 5.65 Å².